The number of aliphatic hydroxyl groups excluding tert-OH is 1. The minimum atomic E-state index is -0.587. The van der Waals surface area contributed by atoms with Crippen molar-refractivity contribution >= 4 is 17.5 Å². The van der Waals surface area contributed by atoms with Gasteiger partial charge in [0.15, 0.2) is 0 Å². The van der Waals surface area contributed by atoms with Crippen LogP contribution >= 0.6 is 0 Å². The molecule has 1 aromatic rings. The first-order valence-corrected chi connectivity index (χ1v) is 9.92. The Labute approximate surface area is 167 Å². The molecule has 0 bridgehead atoms. The third kappa shape index (κ3) is 6.80. The van der Waals surface area contributed by atoms with E-state index in [1.807, 2.05) is 45.0 Å². The molecule has 7 nitrogen and oxygen atoms in total. The van der Waals surface area contributed by atoms with Crippen molar-refractivity contribution in [3.8, 4) is 0 Å². The second-order valence-corrected chi connectivity index (χ2v) is 8.02. The molecule has 0 aromatic heterocycles. The van der Waals surface area contributed by atoms with E-state index in [1.54, 1.807) is 12.1 Å². The van der Waals surface area contributed by atoms with Gasteiger partial charge < -0.3 is 25.4 Å². The summed E-state index contributed by atoms with van der Waals surface area (Å²) in [6.45, 7) is 4.85. The summed E-state index contributed by atoms with van der Waals surface area (Å²) in [6, 6.07) is 6.69. The molecule has 2 amide bonds. The van der Waals surface area contributed by atoms with Crippen molar-refractivity contribution in [1.29, 1.82) is 0 Å². The Morgan fingerprint density at radius 2 is 1.93 bits per heavy atom. The van der Waals surface area contributed by atoms with Crippen LogP contribution in [0.5, 0.6) is 0 Å². The van der Waals surface area contributed by atoms with Crippen LogP contribution in [0.4, 0.5) is 5.69 Å². The molecule has 1 saturated heterocycles. The maximum absolute atomic E-state index is 12.6. The number of hydrogen-bond donors (Lipinski definition) is 3. The molecule has 1 aromatic carbocycles. The zero-order valence-electron chi connectivity index (χ0n) is 17.3. The summed E-state index contributed by atoms with van der Waals surface area (Å²) in [6.07, 6.45) is 1.38. The summed E-state index contributed by atoms with van der Waals surface area (Å²) in [5.74, 6) is -0.181. The molecule has 1 heterocycles. The normalized spacial score (nSPS) is 20.1. The average molecular weight is 392 g/mol. The van der Waals surface area contributed by atoms with E-state index in [0.717, 1.165) is 5.69 Å². The Kier molecular flexibility index (Phi) is 8.26. The Morgan fingerprint density at radius 3 is 2.46 bits per heavy atom. The highest BCUT2D eigenvalue weighted by atomic mass is 16.5. The molecule has 3 N–H and O–H groups in total. The van der Waals surface area contributed by atoms with Crippen molar-refractivity contribution in [3.63, 3.8) is 0 Å². The maximum atomic E-state index is 12.6. The van der Waals surface area contributed by atoms with Crippen molar-refractivity contribution in [3.05, 3.63) is 29.8 Å². The molecule has 0 unspecified atom stereocenters. The predicted octanol–water partition coefficient (Wildman–Crippen LogP) is 1.55. The first kappa shape index (κ1) is 22.2. The van der Waals surface area contributed by atoms with E-state index in [4.69, 9.17) is 4.74 Å². The van der Waals surface area contributed by atoms with Crippen LogP contribution in [0.1, 0.15) is 43.5 Å². The summed E-state index contributed by atoms with van der Waals surface area (Å²) in [5, 5.41) is 15.2. The van der Waals surface area contributed by atoms with Crippen molar-refractivity contribution in [2.75, 3.05) is 32.1 Å². The van der Waals surface area contributed by atoms with Crippen LogP contribution in [0.15, 0.2) is 24.3 Å². The lowest BCUT2D eigenvalue weighted by Crippen LogP contribution is -2.47. The summed E-state index contributed by atoms with van der Waals surface area (Å²) >= 11 is 0. The molecule has 0 aliphatic carbocycles. The third-order valence-electron chi connectivity index (χ3n) is 4.80. The average Bonchev–Trinajstić information content (AvgIpc) is 3.05. The van der Waals surface area contributed by atoms with Gasteiger partial charge in [0, 0.05) is 38.3 Å². The van der Waals surface area contributed by atoms with Gasteiger partial charge in [0.25, 0.3) is 5.91 Å². The van der Waals surface area contributed by atoms with E-state index in [0.29, 0.717) is 38.0 Å². The highest BCUT2D eigenvalue weighted by Gasteiger charge is 2.25. The van der Waals surface area contributed by atoms with Crippen molar-refractivity contribution in [2.24, 2.45) is 5.92 Å². The Hall–Kier alpha value is -2.12. The zero-order chi connectivity index (χ0) is 20.7. The summed E-state index contributed by atoms with van der Waals surface area (Å²) in [7, 11) is 3.88. The van der Waals surface area contributed by atoms with Gasteiger partial charge in [0.05, 0.1) is 18.8 Å². The number of carbonyl (C=O) groups is 2. The lowest BCUT2D eigenvalue weighted by molar-refractivity contribution is -0.123. The molecule has 1 aliphatic rings. The number of anilines is 1. The smallest absolute Gasteiger partial charge is 0.251 e. The Balaban J connectivity index is 1.90. The molecule has 28 heavy (non-hydrogen) atoms. The molecule has 3 atom stereocenters. The fourth-order valence-electron chi connectivity index (χ4n) is 3.22. The quantitative estimate of drug-likeness (QED) is 0.594. The summed E-state index contributed by atoms with van der Waals surface area (Å²) < 4.78 is 5.45. The third-order valence-corrected chi connectivity index (χ3v) is 4.80. The van der Waals surface area contributed by atoms with Crippen LogP contribution in [-0.2, 0) is 9.53 Å². The Bertz CT molecular complexity index is 646. The van der Waals surface area contributed by atoms with E-state index in [9.17, 15) is 14.7 Å². The van der Waals surface area contributed by atoms with Gasteiger partial charge >= 0.3 is 0 Å². The maximum Gasteiger partial charge on any atom is 0.251 e. The van der Waals surface area contributed by atoms with Gasteiger partial charge in [-0.2, -0.15) is 0 Å². The fourth-order valence-corrected chi connectivity index (χ4v) is 3.22. The van der Waals surface area contributed by atoms with Gasteiger partial charge in [-0.05, 0) is 43.0 Å². The number of nitrogens with one attached hydrogen (secondary N) is 2. The molecular weight excluding hydrogens is 358 g/mol. The largest absolute Gasteiger partial charge is 0.391 e. The van der Waals surface area contributed by atoms with E-state index in [-0.39, 0.29) is 23.8 Å². The van der Waals surface area contributed by atoms with Crippen LogP contribution in [-0.4, -0.2) is 62.4 Å². The lowest BCUT2D eigenvalue weighted by Gasteiger charge is -2.21. The van der Waals surface area contributed by atoms with Crippen LogP contribution in [0, 0.1) is 5.92 Å². The number of ether oxygens (including phenoxy) is 1. The van der Waals surface area contributed by atoms with Gasteiger partial charge in [-0.25, -0.2) is 0 Å². The van der Waals surface area contributed by atoms with Crippen molar-refractivity contribution in [2.45, 2.75) is 51.4 Å². The number of nitrogens with zero attached hydrogens (tertiary/aromatic N) is 1. The molecule has 7 heteroatoms. The van der Waals surface area contributed by atoms with E-state index in [1.165, 1.54) is 0 Å². The molecule has 0 radical (unpaired) electrons. The number of benzene rings is 1. The number of hydrogen-bond acceptors (Lipinski definition) is 5. The fraction of sp³-hybridized carbons (Fsp3) is 0.619. The molecule has 0 saturated carbocycles. The molecule has 0 spiro atoms. The number of rotatable bonds is 9. The van der Waals surface area contributed by atoms with Gasteiger partial charge in [-0.3, -0.25) is 9.59 Å². The van der Waals surface area contributed by atoms with Crippen LogP contribution in [0.3, 0.4) is 0 Å². The molecule has 156 valence electrons. The monoisotopic (exact) mass is 391 g/mol. The van der Waals surface area contributed by atoms with Crippen molar-refractivity contribution in [1.82, 2.24) is 10.6 Å². The minimum Gasteiger partial charge on any atom is -0.391 e. The van der Waals surface area contributed by atoms with Crippen molar-refractivity contribution < 1.29 is 19.4 Å². The van der Waals surface area contributed by atoms with E-state index in [2.05, 4.69) is 10.6 Å². The number of carbonyl (C=O) groups excluding carboxylic acids is 2. The second-order valence-electron chi connectivity index (χ2n) is 8.02. The van der Waals surface area contributed by atoms with E-state index >= 15 is 0 Å². The molecular formula is C21H33N3O4. The summed E-state index contributed by atoms with van der Waals surface area (Å²) in [5.41, 5.74) is 1.53. The van der Waals surface area contributed by atoms with Gasteiger partial charge in [0.2, 0.25) is 5.91 Å². The number of amides is 2. The van der Waals surface area contributed by atoms with Gasteiger partial charge in [-0.1, -0.05) is 13.8 Å². The topological polar surface area (TPSA) is 90.9 Å². The van der Waals surface area contributed by atoms with E-state index < -0.39 is 12.1 Å². The molecule has 2 rings (SSSR count). The highest BCUT2D eigenvalue weighted by molar-refractivity contribution is 5.97. The van der Waals surface area contributed by atoms with Gasteiger partial charge in [0.1, 0.15) is 6.04 Å². The summed E-state index contributed by atoms with van der Waals surface area (Å²) in [4.78, 5) is 27.2. The predicted molar refractivity (Wildman–Crippen MR) is 109 cm³/mol. The van der Waals surface area contributed by atoms with Crippen LogP contribution in [0.2, 0.25) is 0 Å². The first-order valence-electron chi connectivity index (χ1n) is 9.92. The molecule has 1 aliphatic heterocycles. The van der Waals surface area contributed by atoms with Crippen LogP contribution in [0.25, 0.3) is 0 Å². The van der Waals surface area contributed by atoms with Gasteiger partial charge in [-0.15, -0.1) is 0 Å². The number of aliphatic hydroxyl groups is 1. The van der Waals surface area contributed by atoms with Crippen LogP contribution < -0.4 is 15.5 Å². The lowest BCUT2D eigenvalue weighted by atomic mass is 10.0. The Morgan fingerprint density at radius 1 is 1.25 bits per heavy atom. The minimum absolute atomic E-state index is 0.0244. The molecule has 1 fully saturated rings. The highest BCUT2D eigenvalue weighted by Crippen LogP contribution is 2.16. The zero-order valence-corrected chi connectivity index (χ0v) is 17.3. The second kappa shape index (κ2) is 10.4. The SMILES string of the molecule is CC(C)C[C@H](NC(=O)c1ccc(N(C)C)cc1)C(=O)NCC[C@@H]1C[C@@H](O)CO1. The standard InChI is InChI=1S/C21H33N3O4/c1-14(2)11-19(21(27)22-10-9-18-12-17(25)13-28-18)23-20(26)15-5-7-16(8-6-15)24(3)4/h5-8,14,17-19,25H,9-13H2,1-4H3,(H,22,27)(H,23,26)/t17-,18-,19+/m1/s1. The first-order chi connectivity index (χ1) is 13.3.